The quantitative estimate of drug-likeness (QED) is 0.848. The van der Waals surface area contributed by atoms with Crippen LogP contribution in [-0.4, -0.2) is 8.42 Å². The van der Waals surface area contributed by atoms with Crippen LogP contribution >= 0.6 is 0 Å². The van der Waals surface area contributed by atoms with Gasteiger partial charge in [-0.1, -0.05) is 18.2 Å². The summed E-state index contributed by atoms with van der Waals surface area (Å²) in [6, 6.07) is 13.5. The molecule has 0 aliphatic rings. The lowest BCUT2D eigenvalue weighted by Crippen LogP contribution is -2.14. The Balaban J connectivity index is 2.29. The van der Waals surface area contributed by atoms with Gasteiger partial charge in [0.05, 0.1) is 17.4 Å². The second-order valence-electron chi connectivity index (χ2n) is 4.66. The third-order valence-electron chi connectivity index (χ3n) is 2.99. The monoisotopic (exact) mass is 301 g/mol. The molecule has 5 nitrogen and oxygen atoms in total. The number of aryl methyl sites for hydroxylation is 1. The molecule has 0 radical (unpaired) electrons. The van der Waals surface area contributed by atoms with Crippen molar-refractivity contribution >= 4 is 21.4 Å². The second-order valence-corrected chi connectivity index (χ2v) is 6.31. The molecule has 0 aliphatic carbocycles. The number of anilines is 2. The zero-order chi connectivity index (χ0) is 15.5. The van der Waals surface area contributed by atoms with Crippen molar-refractivity contribution in [2.24, 2.45) is 0 Å². The van der Waals surface area contributed by atoms with E-state index in [2.05, 4.69) is 4.72 Å². The maximum absolute atomic E-state index is 12.4. The maximum atomic E-state index is 12.4. The average Bonchev–Trinajstić information content (AvgIpc) is 2.43. The van der Waals surface area contributed by atoms with Gasteiger partial charge in [-0.25, -0.2) is 8.42 Å². The molecule has 108 valence electrons. The lowest BCUT2D eigenvalue weighted by atomic mass is 10.1. The van der Waals surface area contributed by atoms with Gasteiger partial charge < -0.3 is 5.73 Å². The first-order chi connectivity index (χ1) is 9.92. The number of nitrogen functional groups attached to an aromatic ring is 1. The van der Waals surface area contributed by atoms with E-state index >= 15 is 0 Å². The highest BCUT2D eigenvalue weighted by Crippen LogP contribution is 2.21. The molecular weight excluding hydrogens is 286 g/mol. The summed E-state index contributed by atoms with van der Waals surface area (Å²) in [7, 11) is -3.69. The van der Waals surface area contributed by atoms with E-state index < -0.39 is 10.0 Å². The highest BCUT2D eigenvalue weighted by atomic mass is 32.2. The Hall–Kier alpha value is -2.52. The molecule has 21 heavy (non-hydrogen) atoms. The Morgan fingerprint density at radius 1 is 1.19 bits per heavy atom. The molecule has 0 heterocycles. The molecule has 3 N–H and O–H groups in total. The van der Waals surface area contributed by atoms with Gasteiger partial charge in [-0.3, -0.25) is 4.72 Å². The van der Waals surface area contributed by atoms with Crippen molar-refractivity contribution in [2.45, 2.75) is 18.2 Å². The van der Waals surface area contributed by atoms with Crippen LogP contribution in [0, 0.1) is 18.3 Å². The van der Waals surface area contributed by atoms with Crippen LogP contribution in [0.5, 0.6) is 0 Å². The summed E-state index contributed by atoms with van der Waals surface area (Å²) in [5.41, 5.74) is 7.94. The molecule has 0 amide bonds. The normalized spacial score (nSPS) is 10.9. The lowest BCUT2D eigenvalue weighted by molar-refractivity contribution is 0.600. The number of nitriles is 1. The molecule has 6 heteroatoms. The third-order valence-corrected chi connectivity index (χ3v) is 4.51. The molecule has 0 saturated heterocycles. The number of hydrogen-bond acceptors (Lipinski definition) is 4. The summed E-state index contributed by atoms with van der Waals surface area (Å²) < 4.78 is 27.2. The minimum atomic E-state index is -3.69. The average molecular weight is 301 g/mol. The third kappa shape index (κ3) is 3.52. The van der Waals surface area contributed by atoms with Crippen molar-refractivity contribution in [2.75, 3.05) is 10.5 Å². The van der Waals surface area contributed by atoms with E-state index in [-0.39, 0.29) is 4.90 Å². The summed E-state index contributed by atoms with van der Waals surface area (Å²) >= 11 is 0. The van der Waals surface area contributed by atoms with Gasteiger partial charge in [0.25, 0.3) is 10.0 Å². The fraction of sp³-hybridized carbons (Fsp3) is 0.133. The van der Waals surface area contributed by atoms with Crippen molar-refractivity contribution in [1.82, 2.24) is 0 Å². The zero-order valence-electron chi connectivity index (χ0n) is 11.5. The molecule has 0 bridgehead atoms. The Morgan fingerprint density at radius 2 is 1.86 bits per heavy atom. The van der Waals surface area contributed by atoms with E-state index in [9.17, 15) is 8.42 Å². The molecule has 0 unspecified atom stereocenters. The van der Waals surface area contributed by atoms with Crippen LogP contribution in [0.4, 0.5) is 11.4 Å². The van der Waals surface area contributed by atoms with Crippen LogP contribution in [0.2, 0.25) is 0 Å². The summed E-state index contributed by atoms with van der Waals surface area (Å²) in [5.74, 6) is 0. The van der Waals surface area contributed by atoms with Crippen molar-refractivity contribution in [3.63, 3.8) is 0 Å². The fourth-order valence-electron chi connectivity index (χ4n) is 1.90. The molecule has 2 aromatic carbocycles. The summed E-state index contributed by atoms with van der Waals surface area (Å²) in [5, 5.41) is 8.61. The summed E-state index contributed by atoms with van der Waals surface area (Å²) in [6.45, 7) is 1.71. The van der Waals surface area contributed by atoms with Crippen LogP contribution in [0.1, 0.15) is 11.1 Å². The lowest BCUT2D eigenvalue weighted by Gasteiger charge is -2.11. The Labute approximate surface area is 124 Å². The van der Waals surface area contributed by atoms with E-state index in [1.807, 2.05) is 6.07 Å². The van der Waals surface area contributed by atoms with E-state index in [1.54, 1.807) is 43.3 Å². The van der Waals surface area contributed by atoms with E-state index in [1.165, 1.54) is 6.07 Å². The van der Waals surface area contributed by atoms with Crippen LogP contribution in [0.15, 0.2) is 47.4 Å². The smallest absolute Gasteiger partial charge is 0.262 e. The predicted molar refractivity (Wildman–Crippen MR) is 82.2 cm³/mol. The first-order valence-corrected chi connectivity index (χ1v) is 7.75. The number of hydrogen-bond donors (Lipinski definition) is 2. The van der Waals surface area contributed by atoms with Gasteiger partial charge in [0.1, 0.15) is 0 Å². The van der Waals surface area contributed by atoms with Crippen LogP contribution in [0.3, 0.4) is 0 Å². The molecule has 0 aliphatic heterocycles. The minimum Gasteiger partial charge on any atom is -0.399 e. The molecule has 0 spiro atoms. The maximum Gasteiger partial charge on any atom is 0.262 e. The van der Waals surface area contributed by atoms with Gasteiger partial charge in [0.15, 0.2) is 0 Å². The standard InChI is InChI=1S/C15H15N3O2S/c1-11-2-5-13(17)10-15(11)21(19,20)18-14-6-3-12(4-7-14)8-9-16/h2-7,10,18H,8,17H2,1H3. The molecule has 2 aromatic rings. The summed E-state index contributed by atoms with van der Waals surface area (Å²) in [6.07, 6.45) is 0.293. The van der Waals surface area contributed by atoms with Crippen LogP contribution < -0.4 is 10.5 Å². The van der Waals surface area contributed by atoms with Gasteiger partial charge >= 0.3 is 0 Å². The van der Waals surface area contributed by atoms with E-state index in [0.29, 0.717) is 23.4 Å². The minimum absolute atomic E-state index is 0.156. The molecule has 0 saturated carbocycles. The Kier molecular flexibility index (Phi) is 4.15. The number of benzene rings is 2. The van der Waals surface area contributed by atoms with Crippen LogP contribution in [-0.2, 0) is 16.4 Å². The topological polar surface area (TPSA) is 96.0 Å². The molecule has 0 atom stereocenters. The van der Waals surface area contributed by atoms with E-state index in [0.717, 1.165) is 5.56 Å². The van der Waals surface area contributed by atoms with E-state index in [4.69, 9.17) is 11.0 Å². The van der Waals surface area contributed by atoms with Gasteiger partial charge in [0, 0.05) is 11.4 Å². The summed E-state index contributed by atoms with van der Waals surface area (Å²) in [4.78, 5) is 0.156. The molecular formula is C15H15N3O2S. The van der Waals surface area contributed by atoms with Crippen molar-refractivity contribution in [3.05, 3.63) is 53.6 Å². The second kappa shape index (κ2) is 5.85. The number of rotatable bonds is 4. The highest BCUT2D eigenvalue weighted by molar-refractivity contribution is 7.92. The zero-order valence-corrected chi connectivity index (χ0v) is 12.3. The fourth-order valence-corrected chi connectivity index (χ4v) is 3.24. The highest BCUT2D eigenvalue weighted by Gasteiger charge is 2.17. The van der Waals surface area contributed by atoms with Crippen molar-refractivity contribution < 1.29 is 8.42 Å². The Bertz CT molecular complexity index is 791. The number of nitrogens with one attached hydrogen (secondary N) is 1. The SMILES string of the molecule is Cc1ccc(N)cc1S(=O)(=O)Nc1ccc(CC#N)cc1. The first-order valence-electron chi connectivity index (χ1n) is 6.27. The van der Waals surface area contributed by atoms with Gasteiger partial charge in [0.2, 0.25) is 0 Å². The largest absolute Gasteiger partial charge is 0.399 e. The number of nitrogens with two attached hydrogens (primary N) is 1. The van der Waals surface area contributed by atoms with Gasteiger partial charge in [-0.15, -0.1) is 0 Å². The number of sulfonamides is 1. The predicted octanol–water partition coefficient (Wildman–Crippen LogP) is 2.44. The Morgan fingerprint density at radius 3 is 2.48 bits per heavy atom. The first kappa shape index (κ1) is 14.9. The van der Waals surface area contributed by atoms with Crippen LogP contribution in [0.25, 0.3) is 0 Å². The van der Waals surface area contributed by atoms with Crippen molar-refractivity contribution in [1.29, 1.82) is 5.26 Å². The van der Waals surface area contributed by atoms with Gasteiger partial charge in [-0.2, -0.15) is 5.26 Å². The molecule has 0 aromatic heterocycles. The molecule has 0 fully saturated rings. The van der Waals surface area contributed by atoms with Crippen molar-refractivity contribution in [3.8, 4) is 6.07 Å². The van der Waals surface area contributed by atoms with Gasteiger partial charge in [-0.05, 0) is 42.3 Å². The molecule has 2 rings (SSSR count). The number of nitrogens with zero attached hydrogens (tertiary/aromatic N) is 1.